The summed E-state index contributed by atoms with van der Waals surface area (Å²) in [4.78, 5) is 13.6. The van der Waals surface area contributed by atoms with Gasteiger partial charge in [0.05, 0.1) is 6.54 Å². The average Bonchev–Trinajstić information content (AvgIpc) is 2.27. The number of nitrogens with one attached hydrogen (secondary N) is 1. The maximum atomic E-state index is 12.9. The predicted octanol–water partition coefficient (Wildman–Crippen LogP) is 1.30. The molecule has 0 aliphatic heterocycles. The van der Waals surface area contributed by atoms with Crippen molar-refractivity contribution in [2.24, 2.45) is 0 Å². The molecule has 1 N–H and O–H groups in total. The molecule has 1 aromatic rings. The number of ketones is 1. The van der Waals surface area contributed by atoms with E-state index in [1.807, 2.05) is 19.0 Å². The van der Waals surface area contributed by atoms with Crippen molar-refractivity contribution in [2.45, 2.75) is 0 Å². The lowest BCUT2D eigenvalue weighted by Crippen LogP contribution is -2.30. The molecule has 1 rings (SSSR count). The Bertz CT molecular complexity index is 394. The SMILES string of the molecule is CN(C)CCNCC(=O)c1ccc(F)c(F)c1. The second kappa shape index (κ2) is 6.42. The molecule has 0 saturated heterocycles. The number of nitrogens with zero attached hydrogens (tertiary/aromatic N) is 1. The number of hydrogen-bond acceptors (Lipinski definition) is 3. The van der Waals surface area contributed by atoms with Crippen LogP contribution < -0.4 is 5.32 Å². The standard InChI is InChI=1S/C12H16F2N2O/c1-16(2)6-5-15-8-12(17)9-3-4-10(13)11(14)7-9/h3-4,7,15H,5-6,8H2,1-2H3. The van der Waals surface area contributed by atoms with Crippen LogP contribution in [0, 0.1) is 11.6 Å². The van der Waals surface area contributed by atoms with Crippen molar-refractivity contribution in [2.75, 3.05) is 33.7 Å². The third-order valence-corrected chi connectivity index (χ3v) is 2.26. The first kappa shape index (κ1) is 13.7. The van der Waals surface area contributed by atoms with Gasteiger partial charge >= 0.3 is 0 Å². The highest BCUT2D eigenvalue weighted by molar-refractivity contribution is 5.97. The van der Waals surface area contributed by atoms with Gasteiger partial charge in [0.15, 0.2) is 17.4 Å². The molecule has 3 nitrogen and oxygen atoms in total. The van der Waals surface area contributed by atoms with E-state index in [4.69, 9.17) is 0 Å². The van der Waals surface area contributed by atoms with E-state index in [-0.39, 0.29) is 17.9 Å². The van der Waals surface area contributed by atoms with Crippen molar-refractivity contribution in [1.29, 1.82) is 0 Å². The normalized spacial score (nSPS) is 10.9. The molecule has 0 unspecified atom stereocenters. The molecule has 0 atom stereocenters. The molecular weight excluding hydrogens is 226 g/mol. The van der Waals surface area contributed by atoms with Gasteiger partial charge in [-0.25, -0.2) is 8.78 Å². The van der Waals surface area contributed by atoms with Crippen LogP contribution in [0.15, 0.2) is 18.2 Å². The summed E-state index contributed by atoms with van der Waals surface area (Å²) in [5.41, 5.74) is 0.182. The summed E-state index contributed by atoms with van der Waals surface area (Å²) in [5, 5.41) is 2.94. The largest absolute Gasteiger partial charge is 0.308 e. The second-order valence-electron chi connectivity index (χ2n) is 4.03. The molecule has 0 bridgehead atoms. The minimum atomic E-state index is -0.996. The molecule has 0 heterocycles. The fourth-order valence-electron chi connectivity index (χ4n) is 1.28. The number of benzene rings is 1. The number of hydrogen-bond donors (Lipinski definition) is 1. The van der Waals surface area contributed by atoms with Crippen molar-refractivity contribution >= 4 is 5.78 Å². The molecule has 0 aromatic heterocycles. The zero-order valence-electron chi connectivity index (χ0n) is 9.96. The summed E-state index contributed by atoms with van der Waals surface area (Å²) in [7, 11) is 3.86. The molecule has 0 fully saturated rings. The van der Waals surface area contributed by atoms with E-state index >= 15 is 0 Å². The Morgan fingerprint density at radius 2 is 2.00 bits per heavy atom. The predicted molar refractivity (Wildman–Crippen MR) is 62.1 cm³/mol. The van der Waals surface area contributed by atoms with Crippen molar-refractivity contribution < 1.29 is 13.6 Å². The minimum Gasteiger partial charge on any atom is -0.308 e. The molecule has 0 aliphatic rings. The van der Waals surface area contributed by atoms with Crippen LogP contribution in [0.5, 0.6) is 0 Å². The third kappa shape index (κ3) is 4.58. The van der Waals surface area contributed by atoms with Crippen molar-refractivity contribution in [3.8, 4) is 0 Å². The van der Waals surface area contributed by atoms with Crippen molar-refractivity contribution in [3.05, 3.63) is 35.4 Å². The smallest absolute Gasteiger partial charge is 0.176 e. The Morgan fingerprint density at radius 3 is 2.59 bits per heavy atom. The van der Waals surface area contributed by atoms with Crippen LogP contribution in [0.2, 0.25) is 0 Å². The van der Waals surface area contributed by atoms with Gasteiger partial charge in [-0.3, -0.25) is 4.79 Å². The van der Waals surface area contributed by atoms with E-state index in [9.17, 15) is 13.6 Å². The Hall–Kier alpha value is -1.33. The van der Waals surface area contributed by atoms with Gasteiger partial charge in [-0.15, -0.1) is 0 Å². The zero-order valence-corrected chi connectivity index (χ0v) is 9.96. The highest BCUT2D eigenvalue weighted by Crippen LogP contribution is 2.08. The Morgan fingerprint density at radius 1 is 1.29 bits per heavy atom. The van der Waals surface area contributed by atoms with Gasteiger partial charge in [-0.2, -0.15) is 0 Å². The summed E-state index contributed by atoms with van der Waals surface area (Å²) in [5.74, 6) is -2.19. The van der Waals surface area contributed by atoms with Gasteiger partial charge in [0.1, 0.15) is 0 Å². The number of carbonyl (C=O) groups is 1. The zero-order chi connectivity index (χ0) is 12.8. The summed E-state index contributed by atoms with van der Waals surface area (Å²) in [6.07, 6.45) is 0. The molecular formula is C12H16F2N2O. The molecule has 17 heavy (non-hydrogen) atoms. The third-order valence-electron chi connectivity index (χ3n) is 2.26. The van der Waals surface area contributed by atoms with E-state index in [0.717, 1.165) is 18.7 Å². The maximum Gasteiger partial charge on any atom is 0.176 e. The average molecular weight is 242 g/mol. The van der Waals surface area contributed by atoms with Gasteiger partial charge in [-0.05, 0) is 32.3 Å². The molecule has 0 amide bonds. The lowest BCUT2D eigenvalue weighted by Gasteiger charge is -2.09. The minimum absolute atomic E-state index is 0.124. The van der Waals surface area contributed by atoms with Crippen LogP contribution in [0.25, 0.3) is 0 Å². The van der Waals surface area contributed by atoms with Crippen LogP contribution in [0.1, 0.15) is 10.4 Å². The molecule has 94 valence electrons. The Labute approximate surface area is 99.4 Å². The molecule has 0 aliphatic carbocycles. The van der Waals surface area contributed by atoms with E-state index in [1.165, 1.54) is 6.07 Å². The molecule has 5 heteroatoms. The fraction of sp³-hybridized carbons (Fsp3) is 0.417. The van der Waals surface area contributed by atoms with Crippen LogP contribution >= 0.6 is 0 Å². The van der Waals surface area contributed by atoms with E-state index in [1.54, 1.807) is 0 Å². The lowest BCUT2D eigenvalue weighted by molar-refractivity contribution is 0.0990. The lowest BCUT2D eigenvalue weighted by atomic mass is 10.1. The van der Waals surface area contributed by atoms with Gasteiger partial charge in [-0.1, -0.05) is 0 Å². The fourth-order valence-corrected chi connectivity index (χ4v) is 1.28. The van der Waals surface area contributed by atoms with Crippen LogP contribution in [0.3, 0.4) is 0 Å². The second-order valence-corrected chi connectivity index (χ2v) is 4.03. The van der Waals surface area contributed by atoms with Crippen LogP contribution in [-0.4, -0.2) is 44.4 Å². The highest BCUT2D eigenvalue weighted by Gasteiger charge is 2.09. The number of halogens is 2. The number of likely N-dealkylation sites (N-methyl/N-ethyl adjacent to an activating group) is 1. The monoisotopic (exact) mass is 242 g/mol. The van der Waals surface area contributed by atoms with Gasteiger partial charge in [0.25, 0.3) is 0 Å². The summed E-state index contributed by atoms with van der Waals surface area (Å²) in [6.45, 7) is 1.60. The van der Waals surface area contributed by atoms with Gasteiger partial charge in [0.2, 0.25) is 0 Å². The van der Waals surface area contributed by atoms with E-state index in [0.29, 0.717) is 6.54 Å². The summed E-state index contributed by atoms with van der Waals surface area (Å²) < 4.78 is 25.5. The molecule has 0 spiro atoms. The number of Topliss-reactive ketones (excluding diaryl/α,β-unsaturated/α-hetero) is 1. The van der Waals surface area contributed by atoms with Crippen LogP contribution in [0.4, 0.5) is 8.78 Å². The van der Waals surface area contributed by atoms with E-state index < -0.39 is 11.6 Å². The van der Waals surface area contributed by atoms with E-state index in [2.05, 4.69) is 5.32 Å². The van der Waals surface area contributed by atoms with Gasteiger partial charge < -0.3 is 10.2 Å². The first-order chi connectivity index (χ1) is 8.00. The van der Waals surface area contributed by atoms with Gasteiger partial charge in [0, 0.05) is 18.7 Å². The number of carbonyl (C=O) groups excluding carboxylic acids is 1. The van der Waals surface area contributed by atoms with Crippen molar-refractivity contribution in [3.63, 3.8) is 0 Å². The maximum absolute atomic E-state index is 12.9. The topological polar surface area (TPSA) is 32.3 Å². The Kier molecular flexibility index (Phi) is 5.18. The first-order valence-electron chi connectivity index (χ1n) is 5.34. The first-order valence-corrected chi connectivity index (χ1v) is 5.34. The number of rotatable bonds is 6. The van der Waals surface area contributed by atoms with Crippen molar-refractivity contribution in [1.82, 2.24) is 10.2 Å². The Balaban J connectivity index is 2.44. The molecule has 0 saturated carbocycles. The quantitative estimate of drug-likeness (QED) is 0.603. The summed E-state index contributed by atoms with van der Waals surface area (Å²) in [6, 6.07) is 3.17. The summed E-state index contributed by atoms with van der Waals surface area (Å²) >= 11 is 0. The highest BCUT2D eigenvalue weighted by atomic mass is 19.2. The van der Waals surface area contributed by atoms with Crippen LogP contribution in [-0.2, 0) is 0 Å². The molecule has 1 aromatic carbocycles. The molecule has 0 radical (unpaired) electrons.